The molecule has 0 spiro atoms. The second-order valence-electron chi connectivity index (χ2n) is 12.8. The van der Waals surface area contributed by atoms with E-state index in [1.807, 2.05) is 0 Å². The van der Waals surface area contributed by atoms with Gasteiger partial charge < -0.3 is 25.6 Å². The molecule has 3 aliphatic rings. The molecule has 0 bridgehead atoms. The Kier molecular flexibility index (Phi) is 10.4. The maximum atomic E-state index is 14.1. The fourth-order valence-corrected chi connectivity index (χ4v) is 6.73. The van der Waals surface area contributed by atoms with Crippen LogP contribution in [0.3, 0.4) is 0 Å². The molecule has 0 aromatic heterocycles. The average molecular weight is 699 g/mol. The van der Waals surface area contributed by atoms with Gasteiger partial charge in [0, 0.05) is 25.1 Å². The molecular weight excluding hydrogens is 664 g/mol. The van der Waals surface area contributed by atoms with Crippen LogP contribution in [0, 0.1) is 40.7 Å². The van der Waals surface area contributed by atoms with E-state index in [4.69, 9.17) is 4.74 Å². The molecule has 1 aromatic carbocycles. The molecule has 1 aromatic rings. The van der Waals surface area contributed by atoms with Gasteiger partial charge in [-0.05, 0) is 48.6 Å². The lowest BCUT2D eigenvalue weighted by atomic mass is 9.92. The van der Waals surface area contributed by atoms with E-state index in [1.54, 1.807) is 13.8 Å². The number of nitrogens with zero attached hydrogens (tertiary/aromatic N) is 1. The van der Waals surface area contributed by atoms with Crippen molar-refractivity contribution in [2.45, 2.75) is 70.5 Å². The van der Waals surface area contributed by atoms with Crippen molar-refractivity contribution in [1.29, 1.82) is 0 Å². The Hall–Kier alpha value is -3.99. The molecule has 2 aliphatic heterocycles. The Morgan fingerprint density at radius 2 is 1.75 bits per heavy atom. The van der Waals surface area contributed by atoms with Gasteiger partial charge in [0.2, 0.25) is 17.7 Å². The summed E-state index contributed by atoms with van der Waals surface area (Å²) in [5, 5.41) is 6.18. The number of hydrogen-bond donors (Lipinski definition) is 3. The Balaban J connectivity index is 1.61. The van der Waals surface area contributed by atoms with E-state index in [2.05, 4.69) is 10.6 Å². The standard InChI is InChI=1S/C30H34F8N4O6/c1-4-15(29(33,34)35)22(41-27(47)30(36,37)38)26(46)42-11-16-21(28(16,2)3)23(42)25(45)40-18(9-13-7-8-39-24(13)44)19(43)12-48-20-6-5-14(31)10-17(20)32/h5-6,10,13,15-16,18,21-23H,4,7-9,11-12H2,1-3H3,(H,39,44)(H,40,45)(H,41,47)/t13-,15+,16-,18-,21-,22?,23-/m0/s1. The monoisotopic (exact) mass is 698 g/mol. The number of Topliss-reactive ketones (excluding diaryl/α,β-unsaturated/α-hetero) is 1. The molecule has 7 atom stereocenters. The van der Waals surface area contributed by atoms with Gasteiger partial charge in [-0.15, -0.1) is 0 Å². The van der Waals surface area contributed by atoms with Crippen LogP contribution in [0.2, 0.25) is 0 Å². The number of carbonyl (C=O) groups is 5. The Bertz CT molecular complexity index is 1450. The molecule has 266 valence electrons. The lowest BCUT2D eigenvalue weighted by Gasteiger charge is -2.36. The summed E-state index contributed by atoms with van der Waals surface area (Å²) in [5.74, 6) is -13.8. The summed E-state index contributed by atoms with van der Waals surface area (Å²) in [6.07, 6.45) is -11.7. The highest BCUT2D eigenvalue weighted by Gasteiger charge is 2.70. The number of likely N-dealkylation sites (tertiary alicyclic amines) is 1. The van der Waals surface area contributed by atoms with Crippen LogP contribution in [0.25, 0.3) is 0 Å². The minimum atomic E-state index is -5.62. The highest BCUT2D eigenvalue weighted by molar-refractivity contribution is 5.97. The van der Waals surface area contributed by atoms with E-state index in [-0.39, 0.29) is 25.9 Å². The van der Waals surface area contributed by atoms with E-state index in [9.17, 15) is 59.1 Å². The van der Waals surface area contributed by atoms with Crippen LogP contribution in [0.5, 0.6) is 5.75 Å². The first-order valence-electron chi connectivity index (χ1n) is 15.1. The minimum absolute atomic E-state index is 0.265. The second-order valence-corrected chi connectivity index (χ2v) is 12.8. The highest BCUT2D eigenvalue weighted by atomic mass is 19.4. The molecule has 2 heterocycles. The largest absolute Gasteiger partial charge is 0.483 e. The van der Waals surface area contributed by atoms with Crippen molar-refractivity contribution in [3.8, 4) is 5.75 Å². The summed E-state index contributed by atoms with van der Waals surface area (Å²) in [7, 11) is 0. The predicted octanol–water partition coefficient (Wildman–Crippen LogP) is 3.04. The van der Waals surface area contributed by atoms with Crippen molar-refractivity contribution >= 4 is 29.4 Å². The first-order valence-corrected chi connectivity index (χ1v) is 15.1. The third kappa shape index (κ3) is 7.66. The van der Waals surface area contributed by atoms with Crippen molar-refractivity contribution in [3.05, 3.63) is 29.8 Å². The highest BCUT2D eigenvalue weighted by Crippen LogP contribution is 2.65. The molecule has 10 nitrogen and oxygen atoms in total. The van der Waals surface area contributed by atoms with E-state index in [1.165, 1.54) is 5.32 Å². The number of nitrogens with one attached hydrogen (secondary N) is 3. The number of ether oxygens (including phenoxy) is 1. The summed E-state index contributed by atoms with van der Waals surface area (Å²) in [5.41, 5.74) is -0.633. The number of fused-ring (bicyclic) bond motifs is 1. The molecule has 18 heteroatoms. The van der Waals surface area contributed by atoms with Crippen molar-refractivity contribution in [3.63, 3.8) is 0 Å². The molecule has 48 heavy (non-hydrogen) atoms. The van der Waals surface area contributed by atoms with Crippen molar-refractivity contribution in [2.24, 2.45) is 29.1 Å². The number of alkyl halides is 6. The molecule has 1 unspecified atom stereocenters. The van der Waals surface area contributed by atoms with Gasteiger partial charge in [-0.2, -0.15) is 26.3 Å². The predicted molar refractivity (Wildman–Crippen MR) is 149 cm³/mol. The summed E-state index contributed by atoms with van der Waals surface area (Å²) in [6.45, 7) is 3.49. The normalized spacial score (nSPS) is 25.0. The molecule has 4 amide bonds. The minimum Gasteiger partial charge on any atom is -0.483 e. The van der Waals surface area contributed by atoms with Gasteiger partial charge in [-0.3, -0.25) is 24.0 Å². The summed E-state index contributed by atoms with van der Waals surface area (Å²) in [6, 6.07) is -3.47. The summed E-state index contributed by atoms with van der Waals surface area (Å²) < 4.78 is 114. The Morgan fingerprint density at radius 1 is 1.08 bits per heavy atom. The van der Waals surface area contributed by atoms with E-state index in [0.29, 0.717) is 11.0 Å². The number of hydrogen-bond acceptors (Lipinski definition) is 6. The number of rotatable bonds is 12. The maximum absolute atomic E-state index is 14.1. The van der Waals surface area contributed by atoms with Crippen LogP contribution < -0.4 is 20.7 Å². The molecule has 0 radical (unpaired) electrons. The molecule has 2 saturated heterocycles. The third-order valence-electron chi connectivity index (χ3n) is 9.48. The third-order valence-corrected chi connectivity index (χ3v) is 9.48. The zero-order chi connectivity index (χ0) is 35.9. The van der Waals surface area contributed by atoms with Gasteiger partial charge in [0.05, 0.1) is 12.0 Å². The number of ketones is 1. The van der Waals surface area contributed by atoms with Gasteiger partial charge >= 0.3 is 18.3 Å². The van der Waals surface area contributed by atoms with Gasteiger partial charge in [0.25, 0.3) is 0 Å². The summed E-state index contributed by atoms with van der Waals surface area (Å²) in [4.78, 5) is 65.6. The molecule has 4 rings (SSSR count). The lowest BCUT2D eigenvalue weighted by molar-refractivity contribution is -0.195. The quantitative estimate of drug-likeness (QED) is 0.288. The number of carbonyl (C=O) groups excluding carboxylic acids is 5. The molecule has 1 aliphatic carbocycles. The van der Waals surface area contributed by atoms with E-state index < -0.39 is 119 Å². The van der Waals surface area contributed by atoms with Gasteiger partial charge in [-0.1, -0.05) is 20.8 Å². The topological polar surface area (TPSA) is 134 Å². The van der Waals surface area contributed by atoms with E-state index in [0.717, 1.165) is 19.1 Å². The smallest absolute Gasteiger partial charge is 0.471 e. The molecule has 3 N–H and O–H groups in total. The SMILES string of the molecule is CC[C@H](C(NC(=O)C(F)(F)F)C(=O)N1C[C@H]2[C@@H]([C@H]1C(=O)N[C@@H](C[C@@H]1CCNC1=O)C(=O)COc1ccc(F)cc1F)C2(C)C)C(F)(F)F. The molecular formula is C30H34F8N4O6. The first kappa shape index (κ1) is 36.8. The van der Waals surface area contributed by atoms with Crippen LogP contribution in [0.4, 0.5) is 35.1 Å². The number of piperidine rings is 1. The Morgan fingerprint density at radius 3 is 2.29 bits per heavy atom. The zero-order valence-corrected chi connectivity index (χ0v) is 25.9. The second kappa shape index (κ2) is 13.5. The van der Waals surface area contributed by atoms with Crippen molar-refractivity contribution in [2.75, 3.05) is 19.7 Å². The van der Waals surface area contributed by atoms with Crippen LogP contribution in [-0.2, 0) is 24.0 Å². The molecule has 1 saturated carbocycles. The molecule has 3 fully saturated rings. The van der Waals surface area contributed by atoms with Crippen molar-refractivity contribution in [1.82, 2.24) is 20.9 Å². The number of halogens is 8. The fraction of sp³-hybridized carbons (Fsp3) is 0.633. The van der Waals surface area contributed by atoms with Crippen LogP contribution in [-0.4, -0.2) is 84.5 Å². The van der Waals surface area contributed by atoms with Crippen LogP contribution in [0.15, 0.2) is 18.2 Å². The fourth-order valence-electron chi connectivity index (χ4n) is 6.73. The van der Waals surface area contributed by atoms with Crippen LogP contribution >= 0.6 is 0 Å². The van der Waals surface area contributed by atoms with Gasteiger partial charge in [0.15, 0.2) is 17.3 Å². The van der Waals surface area contributed by atoms with E-state index >= 15 is 0 Å². The van der Waals surface area contributed by atoms with Gasteiger partial charge in [-0.25, -0.2) is 8.78 Å². The lowest BCUT2D eigenvalue weighted by Crippen LogP contribution is -2.61. The Labute approximate surface area is 269 Å². The van der Waals surface area contributed by atoms with Gasteiger partial charge in [0.1, 0.15) is 24.5 Å². The zero-order valence-electron chi connectivity index (χ0n) is 25.9. The number of benzene rings is 1. The van der Waals surface area contributed by atoms with Crippen LogP contribution in [0.1, 0.15) is 40.0 Å². The van der Waals surface area contributed by atoms with Crippen molar-refractivity contribution < 1.29 is 63.8 Å². The summed E-state index contributed by atoms with van der Waals surface area (Å²) >= 11 is 0. The number of amides is 4. The first-order chi connectivity index (χ1) is 22.2. The maximum Gasteiger partial charge on any atom is 0.471 e. The average Bonchev–Trinajstić information content (AvgIpc) is 3.31.